The van der Waals surface area contributed by atoms with Crippen LogP contribution in [0.4, 0.5) is 8.78 Å². The normalized spacial score (nSPS) is 17.4. The Morgan fingerprint density at radius 2 is 1.86 bits per heavy atom. The summed E-state index contributed by atoms with van der Waals surface area (Å²) in [5, 5.41) is 2.53. The highest BCUT2D eigenvalue weighted by atomic mass is 19.1. The van der Waals surface area contributed by atoms with Crippen molar-refractivity contribution in [2.45, 2.75) is 12.5 Å². The molecular weight excluding hydrogens is 364 g/mol. The quantitative estimate of drug-likeness (QED) is 0.858. The first-order valence-corrected chi connectivity index (χ1v) is 9.22. The lowest BCUT2D eigenvalue weighted by Gasteiger charge is -2.40. The highest BCUT2D eigenvalue weighted by molar-refractivity contribution is 5.94. The van der Waals surface area contributed by atoms with Gasteiger partial charge in [0.05, 0.1) is 11.6 Å². The standard InChI is InChI=1S/C21H23F2N3O2/c1-25-11-12-26(19(14-25)15-5-3-2-4-6-15)20(27)9-10-24-21(28)17-8-7-16(22)13-18(17)23/h2-8,13,19H,9-12,14H2,1H3,(H,24,28). The number of benzene rings is 2. The van der Waals surface area contributed by atoms with Crippen LogP contribution in [0.5, 0.6) is 0 Å². The molecule has 1 N–H and O–H groups in total. The van der Waals surface area contributed by atoms with Gasteiger partial charge in [-0.3, -0.25) is 9.59 Å². The molecule has 1 heterocycles. The van der Waals surface area contributed by atoms with E-state index >= 15 is 0 Å². The average Bonchev–Trinajstić information content (AvgIpc) is 2.68. The number of halogens is 2. The first-order chi connectivity index (χ1) is 13.5. The summed E-state index contributed by atoms with van der Waals surface area (Å²) >= 11 is 0. The Balaban J connectivity index is 1.59. The first kappa shape index (κ1) is 19.9. The maximum absolute atomic E-state index is 13.7. The van der Waals surface area contributed by atoms with Crippen LogP contribution in [0.25, 0.3) is 0 Å². The van der Waals surface area contributed by atoms with E-state index in [1.54, 1.807) is 0 Å². The van der Waals surface area contributed by atoms with E-state index in [4.69, 9.17) is 0 Å². The van der Waals surface area contributed by atoms with Crippen molar-refractivity contribution in [3.63, 3.8) is 0 Å². The molecule has 1 unspecified atom stereocenters. The van der Waals surface area contributed by atoms with E-state index in [0.717, 1.165) is 30.8 Å². The molecule has 0 saturated carbocycles. The van der Waals surface area contributed by atoms with Gasteiger partial charge in [0.1, 0.15) is 11.6 Å². The van der Waals surface area contributed by atoms with Crippen LogP contribution in [0, 0.1) is 11.6 Å². The summed E-state index contributed by atoms with van der Waals surface area (Å²) in [6.45, 7) is 2.21. The first-order valence-electron chi connectivity index (χ1n) is 9.22. The van der Waals surface area contributed by atoms with E-state index < -0.39 is 17.5 Å². The molecular formula is C21H23F2N3O2. The monoisotopic (exact) mass is 387 g/mol. The fourth-order valence-electron chi connectivity index (χ4n) is 3.37. The Morgan fingerprint density at radius 3 is 2.57 bits per heavy atom. The van der Waals surface area contributed by atoms with Gasteiger partial charge in [0.25, 0.3) is 5.91 Å². The summed E-state index contributed by atoms with van der Waals surface area (Å²) in [4.78, 5) is 28.8. The molecule has 2 amide bonds. The van der Waals surface area contributed by atoms with Gasteiger partial charge < -0.3 is 15.1 Å². The van der Waals surface area contributed by atoms with Crippen molar-refractivity contribution in [2.24, 2.45) is 0 Å². The predicted molar refractivity (Wildman–Crippen MR) is 102 cm³/mol. The molecule has 1 saturated heterocycles. The molecule has 2 aromatic rings. The zero-order valence-electron chi connectivity index (χ0n) is 15.7. The molecule has 3 rings (SSSR count). The minimum atomic E-state index is -0.924. The van der Waals surface area contributed by atoms with Crippen LogP contribution >= 0.6 is 0 Å². The molecule has 28 heavy (non-hydrogen) atoms. The van der Waals surface area contributed by atoms with Gasteiger partial charge in [0.15, 0.2) is 0 Å². The maximum atomic E-state index is 13.7. The number of likely N-dealkylation sites (N-methyl/N-ethyl adjacent to an activating group) is 1. The number of nitrogens with one attached hydrogen (secondary N) is 1. The second kappa shape index (κ2) is 8.93. The van der Waals surface area contributed by atoms with Crippen molar-refractivity contribution in [2.75, 3.05) is 33.2 Å². The number of nitrogens with zero attached hydrogens (tertiary/aromatic N) is 2. The summed E-state index contributed by atoms with van der Waals surface area (Å²) in [7, 11) is 2.02. The Hall–Kier alpha value is -2.80. The minimum absolute atomic E-state index is 0.0438. The van der Waals surface area contributed by atoms with Gasteiger partial charge >= 0.3 is 0 Å². The number of carbonyl (C=O) groups is 2. The number of amides is 2. The van der Waals surface area contributed by atoms with Crippen LogP contribution in [-0.2, 0) is 4.79 Å². The third kappa shape index (κ3) is 4.72. The number of carbonyl (C=O) groups excluding carboxylic acids is 2. The summed E-state index contributed by atoms with van der Waals surface area (Å²) < 4.78 is 26.6. The highest BCUT2D eigenvalue weighted by Gasteiger charge is 2.29. The molecule has 1 fully saturated rings. The maximum Gasteiger partial charge on any atom is 0.254 e. The van der Waals surface area contributed by atoms with Gasteiger partial charge in [-0.1, -0.05) is 30.3 Å². The number of hydrogen-bond donors (Lipinski definition) is 1. The molecule has 1 aliphatic rings. The van der Waals surface area contributed by atoms with E-state index in [9.17, 15) is 18.4 Å². The van der Waals surface area contributed by atoms with Crippen LogP contribution < -0.4 is 5.32 Å². The Bertz CT molecular complexity index is 845. The Labute approximate surface area is 162 Å². The summed E-state index contributed by atoms with van der Waals surface area (Å²) in [5.74, 6) is -2.40. The van der Waals surface area contributed by atoms with Gasteiger partial charge in [-0.15, -0.1) is 0 Å². The van der Waals surface area contributed by atoms with Crippen LogP contribution in [0.1, 0.15) is 28.4 Å². The zero-order chi connectivity index (χ0) is 20.1. The fraction of sp³-hybridized carbons (Fsp3) is 0.333. The largest absolute Gasteiger partial charge is 0.351 e. The molecule has 0 aromatic heterocycles. The molecule has 0 radical (unpaired) electrons. The smallest absolute Gasteiger partial charge is 0.254 e. The van der Waals surface area contributed by atoms with Crippen molar-refractivity contribution in [1.82, 2.24) is 15.1 Å². The molecule has 0 bridgehead atoms. The van der Waals surface area contributed by atoms with E-state index in [0.29, 0.717) is 12.6 Å². The molecule has 148 valence electrons. The summed E-state index contributed by atoms with van der Waals surface area (Å²) in [6.07, 6.45) is 0.113. The number of piperazine rings is 1. The second-order valence-corrected chi connectivity index (χ2v) is 6.91. The van der Waals surface area contributed by atoms with E-state index in [1.165, 1.54) is 0 Å². The van der Waals surface area contributed by atoms with Gasteiger partial charge in [-0.05, 0) is 24.7 Å². The van der Waals surface area contributed by atoms with Gasteiger partial charge in [-0.25, -0.2) is 8.78 Å². The second-order valence-electron chi connectivity index (χ2n) is 6.91. The lowest BCUT2D eigenvalue weighted by molar-refractivity contribution is -0.136. The number of rotatable bonds is 5. The topological polar surface area (TPSA) is 52.6 Å². The lowest BCUT2D eigenvalue weighted by Crippen LogP contribution is -2.49. The fourth-order valence-corrected chi connectivity index (χ4v) is 3.37. The highest BCUT2D eigenvalue weighted by Crippen LogP contribution is 2.25. The van der Waals surface area contributed by atoms with Crippen LogP contribution in [0.15, 0.2) is 48.5 Å². The van der Waals surface area contributed by atoms with E-state index in [1.807, 2.05) is 42.3 Å². The summed E-state index contributed by atoms with van der Waals surface area (Å²) in [6, 6.07) is 12.6. The average molecular weight is 387 g/mol. The zero-order valence-corrected chi connectivity index (χ0v) is 15.7. The molecule has 1 aliphatic heterocycles. The van der Waals surface area contributed by atoms with Crippen molar-refractivity contribution < 1.29 is 18.4 Å². The van der Waals surface area contributed by atoms with Crippen LogP contribution in [0.2, 0.25) is 0 Å². The minimum Gasteiger partial charge on any atom is -0.351 e. The van der Waals surface area contributed by atoms with Crippen molar-refractivity contribution in [3.8, 4) is 0 Å². The summed E-state index contributed by atoms with van der Waals surface area (Å²) in [5.41, 5.74) is 0.829. The third-order valence-electron chi connectivity index (χ3n) is 4.89. The Kier molecular flexibility index (Phi) is 6.36. The van der Waals surface area contributed by atoms with Gasteiger partial charge in [0, 0.05) is 38.7 Å². The Morgan fingerprint density at radius 1 is 1.11 bits per heavy atom. The lowest BCUT2D eigenvalue weighted by atomic mass is 10.0. The van der Waals surface area contributed by atoms with Crippen molar-refractivity contribution in [3.05, 3.63) is 71.3 Å². The third-order valence-corrected chi connectivity index (χ3v) is 4.89. The number of hydrogen-bond acceptors (Lipinski definition) is 3. The van der Waals surface area contributed by atoms with Crippen LogP contribution in [0.3, 0.4) is 0 Å². The SMILES string of the molecule is CN1CCN(C(=O)CCNC(=O)c2ccc(F)cc2F)C(c2ccccc2)C1. The predicted octanol–water partition coefficient (Wildman–Crippen LogP) is 2.60. The molecule has 0 aliphatic carbocycles. The van der Waals surface area contributed by atoms with E-state index in [2.05, 4.69) is 10.2 Å². The molecule has 1 atom stereocenters. The molecule has 7 heteroatoms. The molecule has 5 nitrogen and oxygen atoms in total. The molecule has 2 aromatic carbocycles. The molecule has 0 spiro atoms. The van der Waals surface area contributed by atoms with Crippen LogP contribution in [-0.4, -0.2) is 54.8 Å². The van der Waals surface area contributed by atoms with Gasteiger partial charge in [0.2, 0.25) is 5.91 Å². The van der Waals surface area contributed by atoms with Gasteiger partial charge in [-0.2, -0.15) is 0 Å². The van der Waals surface area contributed by atoms with E-state index in [-0.39, 0.29) is 30.5 Å². The van der Waals surface area contributed by atoms with Crippen molar-refractivity contribution >= 4 is 11.8 Å². The van der Waals surface area contributed by atoms with Crippen molar-refractivity contribution in [1.29, 1.82) is 0 Å².